The topological polar surface area (TPSA) is 15.3 Å². The molecule has 0 amide bonds. The number of allylic oxidation sites excluding steroid dienone is 3. The third-order valence-corrected chi connectivity index (χ3v) is 10.2. The van der Waals surface area contributed by atoms with Crippen LogP contribution in [-0.4, -0.2) is 32.6 Å². The number of anilines is 1. The molecular weight excluding hydrogens is 551 g/mol. The number of aryl methyl sites for hydroxylation is 1. The number of alkyl halides is 1. The second-order valence-corrected chi connectivity index (χ2v) is 13.8. The van der Waals surface area contributed by atoms with Crippen LogP contribution in [0, 0.1) is 17.8 Å². The molecule has 0 aromatic heterocycles. The SMILES string of the molecule is C=C(C)c1ccc(C2=CC[C@]3(C)CN(C(=IC)c4ccc(C)c(NC(C)C)c4)CC=C3C2(C)C)cc1. The fourth-order valence-corrected chi connectivity index (χ4v) is 8.13. The summed E-state index contributed by atoms with van der Waals surface area (Å²) in [5.74, 6) is 0. The predicted molar refractivity (Wildman–Crippen MR) is 169 cm³/mol. The minimum atomic E-state index is -0.0705. The van der Waals surface area contributed by atoms with E-state index >= 15 is 0 Å². The van der Waals surface area contributed by atoms with Crippen LogP contribution in [-0.2, 0) is 0 Å². The van der Waals surface area contributed by atoms with Crippen LogP contribution in [0.15, 0.2) is 66.8 Å². The van der Waals surface area contributed by atoms with Crippen molar-refractivity contribution < 1.29 is 0 Å². The molecule has 36 heavy (non-hydrogen) atoms. The normalized spacial score (nSPS) is 22.3. The van der Waals surface area contributed by atoms with Crippen molar-refractivity contribution in [2.24, 2.45) is 10.8 Å². The molecule has 2 aliphatic rings. The monoisotopic (exact) mass is 594 g/mol. The molecule has 0 radical (unpaired) electrons. The Morgan fingerprint density at radius 3 is 2.31 bits per heavy atom. The lowest BCUT2D eigenvalue weighted by molar-refractivity contribution is 0.229. The smallest absolute Gasteiger partial charge is 0.0543 e. The molecule has 1 heterocycles. The van der Waals surface area contributed by atoms with Crippen LogP contribution in [0.1, 0.15) is 70.2 Å². The fraction of sp³-hybridized carbons (Fsp3) is 0.424. The van der Waals surface area contributed by atoms with Crippen molar-refractivity contribution in [3.05, 3.63) is 89.0 Å². The molecule has 2 aromatic carbocycles. The summed E-state index contributed by atoms with van der Waals surface area (Å²) in [6.07, 6.45) is 6.16. The zero-order valence-electron chi connectivity index (χ0n) is 23.4. The van der Waals surface area contributed by atoms with Gasteiger partial charge in [0.1, 0.15) is 0 Å². The summed E-state index contributed by atoms with van der Waals surface area (Å²) < 4.78 is 1.56. The first-order valence-electron chi connectivity index (χ1n) is 13.1. The van der Waals surface area contributed by atoms with Crippen molar-refractivity contribution >= 4 is 41.2 Å². The van der Waals surface area contributed by atoms with E-state index < -0.39 is 0 Å². The largest absolute Gasteiger partial charge is 0.383 e. The number of nitrogens with zero attached hydrogens (tertiary/aromatic N) is 1. The maximum absolute atomic E-state index is 4.10. The van der Waals surface area contributed by atoms with Crippen LogP contribution in [0.5, 0.6) is 0 Å². The molecule has 1 aliphatic carbocycles. The predicted octanol–water partition coefficient (Wildman–Crippen LogP) is 8.69. The Hall–Kier alpha value is -1.98. The van der Waals surface area contributed by atoms with Gasteiger partial charge >= 0.3 is 0 Å². The van der Waals surface area contributed by atoms with Crippen molar-refractivity contribution in [2.45, 2.75) is 60.9 Å². The molecule has 0 spiro atoms. The number of benzene rings is 2. The highest BCUT2D eigenvalue weighted by atomic mass is 127. The zero-order valence-corrected chi connectivity index (χ0v) is 25.6. The highest BCUT2D eigenvalue weighted by Crippen LogP contribution is 2.55. The maximum Gasteiger partial charge on any atom is 0.0543 e. The van der Waals surface area contributed by atoms with Gasteiger partial charge in [0.05, 0.1) is 3.63 Å². The van der Waals surface area contributed by atoms with Gasteiger partial charge in [-0.05, 0) is 67.4 Å². The second kappa shape index (κ2) is 10.4. The maximum atomic E-state index is 4.10. The van der Waals surface area contributed by atoms with Gasteiger partial charge in [0.2, 0.25) is 0 Å². The first-order valence-corrected chi connectivity index (χ1v) is 16.4. The van der Waals surface area contributed by atoms with Crippen LogP contribution in [0.25, 0.3) is 11.1 Å². The number of fused-ring (bicyclic) bond motifs is 1. The van der Waals surface area contributed by atoms with Crippen molar-refractivity contribution in [3.63, 3.8) is 0 Å². The summed E-state index contributed by atoms with van der Waals surface area (Å²) in [6, 6.07) is 16.4. The molecule has 3 heteroatoms. The van der Waals surface area contributed by atoms with Gasteiger partial charge in [-0.2, -0.15) is 0 Å². The molecule has 4 rings (SSSR count). The van der Waals surface area contributed by atoms with Crippen molar-refractivity contribution in [2.75, 3.05) is 23.3 Å². The lowest BCUT2D eigenvalue weighted by atomic mass is 9.58. The Bertz CT molecular complexity index is 1240. The van der Waals surface area contributed by atoms with Gasteiger partial charge in [-0.3, -0.25) is 4.90 Å². The van der Waals surface area contributed by atoms with Crippen molar-refractivity contribution in [1.29, 1.82) is 0 Å². The first-order chi connectivity index (χ1) is 17.0. The average molecular weight is 595 g/mol. The summed E-state index contributed by atoms with van der Waals surface area (Å²) in [7, 11) is 0. The molecule has 192 valence electrons. The molecular formula is C33H43IN2. The van der Waals surface area contributed by atoms with E-state index in [4.69, 9.17) is 0 Å². The highest BCUT2D eigenvalue weighted by Gasteiger charge is 2.46. The number of hydrogen-bond acceptors (Lipinski definition) is 2. The van der Waals surface area contributed by atoms with Gasteiger partial charge < -0.3 is 5.32 Å². The van der Waals surface area contributed by atoms with Crippen LogP contribution in [0.2, 0.25) is 0 Å². The Morgan fingerprint density at radius 1 is 1.03 bits per heavy atom. The number of rotatable bonds is 6. The quantitative estimate of drug-likeness (QED) is 0.205. The molecule has 0 bridgehead atoms. The minimum Gasteiger partial charge on any atom is -0.383 e. The lowest BCUT2D eigenvalue weighted by Crippen LogP contribution is -2.48. The second-order valence-electron chi connectivity index (χ2n) is 11.7. The number of hydrogen-bond donors (Lipinski definition) is 1. The standard InChI is InChI=1S/C33H43IN2/c1-22(2)25-12-14-26(15-13-25)28-16-18-33(8)21-36(19-17-30(33)32(28,6)7)31(34-9)27-11-10-24(5)29(20-27)35-23(3)4/h10-17,20,23,35H,1,18-19,21H2,2-9H3/t33-/m1/s1. The first kappa shape index (κ1) is 27.1. The molecule has 0 saturated heterocycles. The van der Waals surface area contributed by atoms with Crippen LogP contribution < -0.4 is 5.32 Å². The third-order valence-electron chi connectivity index (χ3n) is 7.87. The summed E-state index contributed by atoms with van der Waals surface area (Å²) in [5.41, 5.74) is 10.9. The average Bonchev–Trinajstić information content (AvgIpc) is 2.81. The van der Waals surface area contributed by atoms with Gasteiger partial charge in [0.25, 0.3) is 0 Å². The van der Waals surface area contributed by atoms with E-state index in [9.17, 15) is 0 Å². The summed E-state index contributed by atoms with van der Waals surface area (Å²) in [4.78, 5) is 5.08. The zero-order chi connectivity index (χ0) is 26.3. The summed E-state index contributed by atoms with van der Waals surface area (Å²) in [5, 5.41) is 3.64. The molecule has 2 nitrogen and oxygen atoms in total. The van der Waals surface area contributed by atoms with E-state index in [0.717, 1.165) is 25.1 Å². The molecule has 0 fully saturated rings. The van der Waals surface area contributed by atoms with E-state index in [0.29, 0.717) is 6.04 Å². The minimum absolute atomic E-state index is 0.0173. The molecule has 1 atom stereocenters. The van der Waals surface area contributed by atoms with Crippen molar-refractivity contribution in [1.82, 2.24) is 4.90 Å². The lowest BCUT2D eigenvalue weighted by Gasteiger charge is -2.51. The van der Waals surface area contributed by atoms with Crippen molar-refractivity contribution in [3.8, 4) is 0 Å². The van der Waals surface area contributed by atoms with Gasteiger partial charge in [0.15, 0.2) is 0 Å². The molecule has 0 saturated carbocycles. The van der Waals surface area contributed by atoms with Gasteiger partial charge in [-0.1, -0.05) is 87.0 Å². The van der Waals surface area contributed by atoms with E-state index in [1.807, 2.05) is 0 Å². The Labute approximate surface area is 229 Å². The van der Waals surface area contributed by atoms with Crippen LogP contribution in [0.4, 0.5) is 5.69 Å². The van der Waals surface area contributed by atoms with E-state index in [1.54, 1.807) is 9.21 Å². The number of halogens is 1. The Kier molecular flexibility index (Phi) is 7.83. The molecule has 1 N–H and O–H groups in total. The molecule has 1 aliphatic heterocycles. The van der Waals surface area contributed by atoms with E-state index in [1.165, 1.54) is 33.5 Å². The Balaban J connectivity index is 1.63. The molecule has 2 aromatic rings. The van der Waals surface area contributed by atoms with Gasteiger partial charge in [-0.25, -0.2) is 0 Å². The fourth-order valence-electron chi connectivity index (χ4n) is 6.12. The third kappa shape index (κ3) is 5.19. The van der Waals surface area contributed by atoms with E-state index in [-0.39, 0.29) is 31.6 Å². The Morgan fingerprint density at radius 2 is 1.69 bits per heavy atom. The number of nitrogens with one attached hydrogen (secondary N) is 1. The summed E-state index contributed by atoms with van der Waals surface area (Å²) in [6.45, 7) is 22.2. The van der Waals surface area contributed by atoms with Gasteiger partial charge in [-0.15, -0.1) is 20.7 Å². The van der Waals surface area contributed by atoms with Gasteiger partial charge in [0, 0.05) is 41.2 Å². The van der Waals surface area contributed by atoms with Crippen LogP contribution >= 0.6 is 20.7 Å². The van der Waals surface area contributed by atoms with E-state index in [2.05, 4.69) is 125 Å². The highest BCUT2D eigenvalue weighted by molar-refractivity contribution is 14.2. The molecule has 0 unspecified atom stereocenters. The van der Waals surface area contributed by atoms with Crippen LogP contribution in [0.3, 0.4) is 0 Å². The summed E-state index contributed by atoms with van der Waals surface area (Å²) >= 11 is -0.0705.